The van der Waals surface area contributed by atoms with Crippen molar-refractivity contribution in [2.45, 2.75) is 25.7 Å². The smallest absolute Gasteiger partial charge is 0.251 e. The molecule has 7 nitrogen and oxygen atoms in total. The Kier molecular flexibility index (Phi) is 7.02. The Morgan fingerprint density at radius 3 is 2.79 bits per heavy atom. The monoisotopic (exact) mass is 202 g/mol. The van der Waals surface area contributed by atoms with Gasteiger partial charge in [0.1, 0.15) is 6.29 Å². The molecule has 80 valence electrons. The molecule has 3 N–H and O–H groups in total. The number of nitrogens with zero attached hydrogens (tertiary/aromatic N) is 2. The largest absolute Gasteiger partial charge is 0.365 e. The van der Waals surface area contributed by atoms with E-state index >= 15 is 0 Å². The first kappa shape index (κ1) is 12.3. The Morgan fingerprint density at radius 2 is 2.21 bits per heavy atom. The van der Waals surface area contributed by atoms with Gasteiger partial charge in [-0.1, -0.05) is 11.8 Å². The zero-order valence-corrected chi connectivity index (χ0v) is 7.81. The first-order valence-electron chi connectivity index (χ1n) is 4.31. The molecule has 0 aromatic rings. The van der Waals surface area contributed by atoms with Gasteiger partial charge in [-0.05, 0) is 12.8 Å². The fourth-order valence-electron chi connectivity index (χ4n) is 0.845. The maximum atomic E-state index is 9.93. The Labute approximate surface area is 81.5 Å². The first-order chi connectivity index (χ1) is 6.66. The number of nitrogens with one attached hydrogen (secondary N) is 1. The van der Waals surface area contributed by atoms with Crippen LogP contribution in [0, 0.1) is 10.1 Å². The van der Waals surface area contributed by atoms with Crippen LogP contribution in [0.15, 0.2) is 4.99 Å². The van der Waals surface area contributed by atoms with Crippen LogP contribution in [0.3, 0.4) is 0 Å². The van der Waals surface area contributed by atoms with Crippen molar-refractivity contribution < 1.29 is 9.83 Å². The van der Waals surface area contributed by atoms with Crippen molar-refractivity contribution in [3.63, 3.8) is 0 Å². The first-order valence-corrected chi connectivity index (χ1v) is 4.31. The number of hydrazine groups is 1. The number of aldehydes is 1. The quantitative estimate of drug-likeness (QED) is 0.149. The number of carbonyl (C=O) groups is 1. The van der Waals surface area contributed by atoms with E-state index in [9.17, 15) is 14.9 Å². The lowest BCUT2D eigenvalue weighted by atomic mass is 10.2. The van der Waals surface area contributed by atoms with Gasteiger partial charge in [0, 0.05) is 13.0 Å². The summed E-state index contributed by atoms with van der Waals surface area (Å²) in [7, 11) is 0. The summed E-state index contributed by atoms with van der Waals surface area (Å²) in [6.45, 7) is 0.436. The second kappa shape index (κ2) is 7.96. The number of carbonyl (C=O) groups excluding carboxylic acids is 1. The molecule has 0 saturated heterocycles. The van der Waals surface area contributed by atoms with Crippen molar-refractivity contribution >= 4 is 12.2 Å². The third-order valence-electron chi connectivity index (χ3n) is 1.47. The molecule has 0 aromatic heterocycles. The third-order valence-corrected chi connectivity index (χ3v) is 1.47. The molecule has 0 amide bonds. The summed E-state index contributed by atoms with van der Waals surface area (Å²) in [5, 5.41) is 9.12. The van der Waals surface area contributed by atoms with Crippen LogP contribution in [0.4, 0.5) is 0 Å². The van der Waals surface area contributed by atoms with Crippen LogP contribution in [-0.2, 0) is 4.79 Å². The summed E-state index contributed by atoms with van der Waals surface area (Å²) in [6, 6.07) is 0. The van der Waals surface area contributed by atoms with Gasteiger partial charge in [0.05, 0.1) is 0 Å². The normalized spacial score (nSPS) is 11.0. The molecule has 7 heteroatoms. The van der Waals surface area contributed by atoms with Gasteiger partial charge < -0.3 is 10.5 Å². The second-order valence-corrected chi connectivity index (χ2v) is 2.65. The Morgan fingerprint density at radius 1 is 1.50 bits per heavy atom. The molecule has 0 rings (SSSR count). The van der Waals surface area contributed by atoms with Gasteiger partial charge in [-0.2, -0.15) is 0 Å². The minimum Gasteiger partial charge on any atom is -0.365 e. The van der Waals surface area contributed by atoms with E-state index in [1.807, 2.05) is 0 Å². The van der Waals surface area contributed by atoms with Crippen LogP contribution in [0.2, 0.25) is 0 Å². The average Bonchev–Trinajstić information content (AvgIpc) is 2.10. The number of rotatable bonds is 7. The zero-order valence-electron chi connectivity index (χ0n) is 7.81. The van der Waals surface area contributed by atoms with Crippen molar-refractivity contribution in [2.24, 2.45) is 10.7 Å². The molecule has 0 radical (unpaired) electrons. The van der Waals surface area contributed by atoms with E-state index < -0.39 is 5.03 Å². The van der Waals surface area contributed by atoms with Crippen molar-refractivity contribution in [1.29, 1.82) is 0 Å². The number of hydrogen-bond acceptors (Lipinski definition) is 4. The summed E-state index contributed by atoms with van der Waals surface area (Å²) in [4.78, 5) is 23.5. The summed E-state index contributed by atoms with van der Waals surface area (Å²) in [5.41, 5.74) is 6.90. The molecule has 0 aliphatic rings. The molecular weight excluding hydrogens is 188 g/mol. The Bertz CT molecular complexity index is 217. The van der Waals surface area contributed by atoms with Gasteiger partial charge in [-0.15, -0.1) is 0 Å². The summed E-state index contributed by atoms with van der Waals surface area (Å²) in [6.07, 6.45) is 3.88. The van der Waals surface area contributed by atoms with Crippen LogP contribution in [0.1, 0.15) is 25.7 Å². The molecule has 0 saturated carbocycles. The molecule has 0 fully saturated rings. The van der Waals surface area contributed by atoms with Crippen LogP contribution < -0.4 is 11.2 Å². The lowest BCUT2D eigenvalue weighted by molar-refractivity contribution is -0.525. The van der Waals surface area contributed by atoms with Crippen LogP contribution in [-0.4, -0.2) is 23.8 Å². The molecule has 0 aliphatic heterocycles. The number of hydrogen-bond donors (Lipinski definition) is 2. The molecule has 0 aliphatic carbocycles. The van der Waals surface area contributed by atoms with Crippen LogP contribution in [0.25, 0.3) is 0 Å². The van der Waals surface area contributed by atoms with Crippen molar-refractivity contribution in [3.8, 4) is 0 Å². The highest BCUT2D eigenvalue weighted by atomic mass is 16.7. The Balaban J connectivity index is 3.41. The van der Waals surface area contributed by atoms with Crippen molar-refractivity contribution in [3.05, 3.63) is 10.1 Å². The highest BCUT2D eigenvalue weighted by molar-refractivity contribution is 5.76. The third kappa shape index (κ3) is 8.44. The molecule has 0 bridgehead atoms. The molecule has 0 atom stereocenters. The van der Waals surface area contributed by atoms with Gasteiger partial charge in [-0.25, -0.2) is 15.1 Å². The van der Waals surface area contributed by atoms with E-state index in [4.69, 9.17) is 5.73 Å². The zero-order chi connectivity index (χ0) is 10.8. The maximum absolute atomic E-state index is 9.93. The Hall–Kier alpha value is -1.66. The molecule has 0 unspecified atom stereocenters. The number of guanidine groups is 1. The number of nitro groups is 1. The van der Waals surface area contributed by atoms with Gasteiger partial charge in [0.25, 0.3) is 5.96 Å². The van der Waals surface area contributed by atoms with Gasteiger partial charge in [0.2, 0.25) is 0 Å². The SMILES string of the molecule is NC(=NCCCCCC=O)N[N+](=O)[O-]. The standard InChI is InChI=1S/C7H14N4O3/c8-7(10-11(13)14)9-5-3-1-2-4-6-12/h6H,1-5H2,(H3,8,9,10). The highest BCUT2D eigenvalue weighted by Gasteiger charge is 1.97. The predicted octanol–water partition coefficient (Wildman–Crippen LogP) is -0.158. The van der Waals surface area contributed by atoms with Gasteiger partial charge in [0.15, 0.2) is 5.03 Å². The highest BCUT2D eigenvalue weighted by Crippen LogP contribution is 1.97. The summed E-state index contributed by atoms with van der Waals surface area (Å²) < 4.78 is 0. The number of unbranched alkanes of at least 4 members (excludes halogenated alkanes) is 3. The van der Waals surface area contributed by atoms with E-state index in [1.165, 1.54) is 0 Å². The maximum Gasteiger partial charge on any atom is 0.251 e. The molecule has 14 heavy (non-hydrogen) atoms. The second-order valence-electron chi connectivity index (χ2n) is 2.65. The van der Waals surface area contributed by atoms with E-state index in [-0.39, 0.29) is 5.96 Å². The fraction of sp³-hybridized carbons (Fsp3) is 0.714. The molecule has 0 spiro atoms. The number of aliphatic imine (C=N–C) groups is 1. The summed E-state index contributed by atoms with van der Waals surface area (Å²) in [5.74, 6) is -0.189. The average molecular weight is 202 g/mol. The van der Waals surface area contributed by atoms with Gasteiger partial charge in [-0.3, -0.25) is 0 Å². The van der Waals surface area contributed by atoms with E-state index in [0.29, 0.717) is 13.0 Å². The minimum atomic E-state index is -0.759. The lowest BCUT2D eigenvalue weighted by Gasteiger charge is -1.96. The fourth-order valence-corrected chi connectivity index (χ4v) is 0.845. The van der Waals surface area contributed by atoms with Crippen molar-refractivity contribution in [1.82, 2.24) is 5.43 Å². The molecule has 0 aromatic carbocycles. The number of nitrogens with two attached hydrogens (primary N) is 1. The van der Waals surface area contributed by atoms with E-state index in [0.717, 1.165) is 25.5 Å². The lowest BCUT2D eigenvalue weighted by Crippen LogP contribution is -2.36. The molecule has 0 heterocycles. The van der Waals surface area contributed by atoms with E-state index in [1.54, 1.807) is 5.43 Å². The van der Waals surface area contributed by atoms with Gasteiger partial charge >= 0.3 is 0 Å². The minimum absolute atomic E-state index is 0.189. The molecular formula is C7H14N4O3. The summed E-state index contributed by atoms with van der Waals surface area (Å²) >= 11 is 0. The van der Waals surface area contributed by atoms with Crippen molar-refractivity contribution in [2.75, 3.05) is 6.54 Å². The van der Waals surface area contributed by atoms with Crippen LogP contribution >= 0.6 is 0 Å². The predicted molar refractivity (Wildman–Crippen MR) is 51.2 cm³/mol. The topological polar surface area (TPSA) is 111 Å². The van der Waals surface area contributed by atoms with Crippen LogP contribution in [0.5, 0.6) is 0 Å². The van der Waals surface area contributed by atoms with E-state index in [2.05, 4.69) is 4.99 Å².